The topological polar surface area (TPSA) is 85.8 Å². The summed E-state index contributed by atoms with van der Waals surface area (Å²) in [6.45, 7) is 2.04. The summed E-state index contributed by atoms with van der Waals surface area (Å²) in [5.74, 6) is 0.792. The summed E-state index contributed by atoms with van der Waals surface area (Å²) in [6.07, 6.45) is 2.33. The molecule has 1 saturated carbocycles. The Morgan fingerprint density at radius 2 is 2.54 bits per heavy atom. The second kappa shape index (κ2) is 2.72. The number of rotatable bonds is 2. The molecule has 13 heavy (non-hydrogen) atoms. The first-order chi connectivity index (χ1) is 6.18. The third-order valence-electron chi connectivity index (χ3n) is 2.25. The van der Waals surface area contributed by atoms with E-state index < -0.39 is 0 Å². The molecule has 6 heteroatoms. The van der Waals surface area contributed by atoms with Crippen LogP contribution in [0.5, 0.6) is 0 Å². The van der Waals surface area contributed by atoms with E-state index in [0.29, 0.717) is 5.92 Å². The van der Waals surface area contributed by atoms with E-state index in [9.17, 15) is 4.79 Å². The fraction of sp³-hybridized carbons (Fsp3) is 0.571. The summed E-state index contributed by atoms with van der Waals surface area (Å²) >= 11 is 0. The Bertz CT molecular complexity index is 333. The monoisotopic (exact) mass is 181 g/mol. The maximum atomic E-state index is 11.4. The van der Waals surface area contributed by atoms with Crippen molar-refractivity contribution < 1.29 is 4.79 Å². The van der Waals surface area contributed by atoms with Gasteiger partial charge in [-0.1, -0.05) is 6.92 Å². The first-order valence-electron chi connectivity index (χ1n) is 4.15. The molecule has 70 valence electrons. The summed E-state index contributed by atoms with van der Waals surface area (Å²) in [5, 5.41) is 7.09. The molecule has 1 amide bonds. The van der Waals surface area contributed by atoms with Crippen LogP contribution in [0.4, 0.5) is 5.95 Å². The molecule has 2 atom stereocenters. The van der Waals surface area contributed by atoms with Crippen molar-refractivity contribution in [3.8, 4) is 0 Å². The van der Waals surface area contributed by atoms with E-state index in [1.807, 2.05) is 6.92 Å². The summed E-state index contributed by atoms with van der Waals surface area (Å²) < 4.78 is 1.33. The van der Waals surface area contributed by atoms with E-state index in [1.54, 1.807) is 0 Å². The van der Waals surface area contributed by atoms with Gasteiger partial charge in [-0.25, -0.2) is 4.68 Å². The Kier molecular flexibility index (Phi) is 1.68. The molecule has 1 fully saturated rings. The summed E-state index contributed by atoms with van der Waals surface area (Å²) in [7, 11) is 0. The van der Waals surface area contributed by atoms with Gasteiger partial charge < -0.3 is 5.73 Å². The van der Waals surface area contributed by atoms with E-state index in [2.05, 4.69) is 15.6 Å². The number of nitrogens with zero attached hydrogens (tertiary/aromatic N) is 3. The van der Waals surface area contributed by atoms with Gasteiger partial charge >= 0.3 is 0 Å². The van der Waals surface area contributed by atoms with E-state index in [1.165, 1.54) is 11.0 Å². The van der Waals surface area contributed by atoms with Crippen LogP contribution in [0.2, 0.25) is 0 Å². The number of nitrogens with two attached hydrogens (primary N) is 1. The minimum Gasteiger partial charge on any atom is -0.366 e. The number of amides is 1. The zero-order valence-electron chi connectivity index (χ0n) is 7.27. The number of anilines is 1. The molecule has 2 rings (SSSR count). The highest BCUT2D eigenvalue weighted by Crippen LogP contribution is 2.37. The molecule has 1 aromatic rings. The lowest BCUT2D eigenvalue weighted by molar-refractivity contribution is -0.118. The van der Waals surface area contributed by atoms with Gasteiger partial charge in [0.25, 0.3) is 0 Å². The number of carbonyl (C=O) groups excluding carboxylic acids is 1. The lowest BCUT2D eigenvalue weighted by Gasteiger charge is -2.04. The Labute approximate surface area is 75.1 Å². The van der Waals surface area contributed by atoms with Gasteiger partial charge in [0, 0.05) is 5.92 Å². The van der Waals surface area contributed by atoms with Crippen molar-refractivity contribution in [2.45, 2.75) is 13.3 Å². The molecule has 6 nitrogen and oxygen atoms in total. The van der Waals surface area contributed by atoms with E-state index in [-0.39, 0.29) is 17.8 Å². The molecule has 0 aliphatic heterocycles. The number of nitrogens with one attached hydrogen (secondary N) is 1. The van der Waals surface area contributed by atoms with Gasteiger partial charge in [-0.15, -0.1) is 10.2 Å². The minimum absolute atomic E-state index is 0.0148. The number of carbonyl (C=O) groups is 1. The van der Waals surface area contributed by atoms with Crippen LogP contribution in [0.1, 0.15) is 13.3 Å². The molecule has 0 unspecified atom stereocenters. The van der Waals surface area contributed by atoms with Crippen LogP contribution in [-0.4, -0.2) is 20.8 Å². The van der Waals surface area contributed by atoms with Crippen LogP contribution >= 0.6 is 0 Å². The number of hydrogen-bond acceptors (Lipinski definition) is 4. The largest absolute Gasteiger partial charge is 0.366 e. The van der Waals surface area contributed by atoms with E-state index in [4.69, 9.17) is 5.73 Å². The number of aromatic nitrogens is 3. The predicted molar refractivity (Wildman–Crippen MR) is 46.1 cm³/mol. The maximum absolute atomic E-state index is 11.4. The fourth-order valence-electron chi connectivity index (χ4n) is 1.22. The SMILES string of the molecule is C[C@@H]1C[C@H]1C(=O)Nn1cnnc1N. The quantitative estimate of drug-likeness (QED) is 0.649. The summed E-state index contributed by atoms with van der Waals surface area (Å²) in [4.78, 5) is 11.4. The van der Waals surface area contributed by atoms with Gasteiger partial charge in [0.15, 0.2) is 0 Å². The molecule has 0 radical (unpaired) electrons. The van der Waals surface area contributed by atoms with Crippen molar-refractivity contribution in [3.05, 3.63) is 6.33 Å². The van der Waals surface area contributed by atoms with Gasteiger partial charge in [0.05, 0.1) is 0 Å². The number of nitrogen functional groups attached to an aromatic ring is 1. The van der Waals surface area contributed by atoms with E-state index in [0.717, 1.165) is 6.42 Å². The Hall–Kier alpha value is -1.59. The first-order valence-corrected chi connectivity index (χ1v) is 4.15. The minimum atomic E-state index is -0.0148. The third-order valence-corrected chi connectivity index (χ3v) is 2.25. The Morgan fingerprint density at radius 3 is 3.00 bits per heavy atom. The lowest BCUT2D eigenvalue weighted by atomic mass is 10.3. The highest BCUT2D eigenvalue weighted by Gasteiger charge is 2.39. The van der Waals surface area contributed by atoms with Gasteiger partial charge in [0.1, 0.15) is 6.33 Å². The van der Waals surface area contributed by atoms with Crippen LogP contribution in [0.3, 0.4) is 0 Å². The zero-order chi connectivity index (χ0) is 9.42. The summed E-state index contributed by atoms with van der Waals surface area (Å²) in [5.41, 5.74) is 8.03. The second-order valence-corrected chi connectivity index (χ2v) is 3.35. The normalized spacial score (nSPS) is 25.6. The Morgan fingerprint density at radius 1 is 1.85 bits per heavy atom. The molecule has 0 bridgehead atoms. The summed E-state index contributed by atoms with van der Waals surface area (Å²) in [6, 6.07) is 0. The third kappa shape index (κ3) is 1.47. The second-order valence-electron chi connectivity index (χ2n) is 3.35. The fourth-order valence-corrected chi connectivity index (χ4v) is 1.22. The van der Waals surface area contributed by atoms with Crippen molar-refractivity contribution in [2.75, 3.05) is 11.2 Å². The van der Waals surface area contributed by atoms with Crippen LogP contribution in [0, 0.1) is 11.8 Å². The molecular formula is C7H11N5O. The highest BCUT2D eigenvalue weighted by atomic mass is 16.2. The van der Waals surface area contributed by atoms with Crippen LogP contribution < -0.4 is 11.2 Å². The van der Waals surface area contributed by atoms with Crippen molar-refractivity contribution in [1.29, 1.82) is 0 Å². The molecule has 1 aliphatic carbocycles. The molecule has 1 aromatic heterocycles. The maximum Gasteiger partial charge on any atom is 0.242 e. The van der Waals surface area contributed by atoms with Gasteiger partial charge in [-0.2, -0.15) is 0 Å². The van der Waals surface area contributed by atoms with Crippen LogP contribution in [-0.2, 0) is 4.79 Å². The molecule has 0 aromatic carbocycles. The highest BCUT2D eigenvalue weighted by molar-refractivity contribution is 5.88. The molecule has 1 aliphatic rings. The van der Waals surface area contributed by atoms with Crippen LogP contribution in [0.25, 0.3) is 0 Å². The van der Waals surface area contributed by atoms with Crippen molar-refractivity contribution >= 4 is 11.9 Å². The van der Waals surface area contributed by atoms with Crippen molar-refractivity contribution in [2.24, 2.45) is 11.8 Å². The molecule has 0 spiro atoms. The number of hydrogen-bond donors (Lipinski definition) is 2. The standard InChI is InChI=1S/C7H11N5O/c1-4-2-5(4)6(13)11-12-3-9-10-7(12)8/h3-5H,2H2,1H3,(H2,8,10)(H,11,13)/t4-,5-/m1/s1. The van der Waals surface area contributed by atoms with Crippen molar-refractivity contribution in [1.82, 2.24) is 14.9 Å². The predicted octanol–water partition coefficient (Wildman–Crippen LogP) is -0.414. The Balaban J connectivity index is 1.99. The lowest BCUT2D eigenvalue weighted by Crippen LogP contribution is -2.25. The molecule has 0 saturated heterocycles. The smallest absolute Gasteiger partial charge is 0.242 e. The van der Waals surface area contributed by atoms with Gasteiger partial charge in [-0.3, -0.25) is 10.2 Å². The first kappa shape index (κ1) is 8.03. The average molecular weight is 181 g/mol. The average Bonchev–Trinajstić information content (AvgIpc) is 2.68. The van der Waals surface area contributed by atoms with Gasteiger partial charge in [0.2, 0.25) is 11.9 Å². The van der Waals surface area contributed by atoms with Crippen LogP contribution in [0.15, 0.2) is 6.33 Å². The molecule has 3 N–H and O–H groups in total. The van der Waals surface area contributed by atoms with Crippen molar-refractivity contribution in [3.63, 3.8) is 0 Å². The van der Waals surface area contributed by atoms with Gasteiger partial charge in [-0.05, 0) is 12.3 Å². The molecule has 1 heterocycles. The molecular weight excluding hydrogens is 170 g/mol. The van der Waals surface area contributed by atoms with E-state index >= 15 is 0 Å². The zero-order valence-corrected chi connectivity index (χ0v) is 7.27.